The van der Waals surface area contributed by atoms with Crippen molar-refractivity contribution in [3.05, 3.63) is 180 Å². The van der Waals surface area contributed by atoms with Crippen molar-refractivity contribution in [3.63, 3.8) is 0 Å². The van der Waals surface area contributed by atoms with Crippen molar-refractivity contribution in [1.82, 2.24) is 9.88 Å². The number of allylic oxidation sites excluding steroid dienone is 9. The molecule has 4 aliphatic rings. The molecule has 5 aromatic carbocycles. The van der Waals surface area contributed by atoms with E-state index in [-0.39, 0.29) is 17.4 Å². The van der Waals surface area contributed by atoms with Crippen LogP contribution in [0.1, 0.15) is 49.4 Å². The smallest absolute Gasteiger partial charge is 0.168 e. The number of nitrogens with zero attached hydrogens (tertiary/aromatic N) is 2. The quantitative estimate of drug-likeness (QED) is 0.198. The maximum Gasteiger partial charge on any atom is 0.168 e. The second-order valence-corrected chi connectivity index (χ2v) is 14.7. The van der Waals surface area contributed by atoms with Crippen LogP contribution in [0, 0.1) is 5.92 Å². The van der Waals surface area contributed by atoms with Crippen LogP contribution in [0.15, 0.2) is 168 Å². The first kappa shape index (κ1) is 30.1. The average Bonchev–Trinajstić information content (AvgIpc) is 3.53. The number of aromatic nitrogens is 1. The minimum atomic E-state index is -0.704. The van der Waals surface area contributed by atoms with Crippen LogP contribution in [0.5, 0.6) is 0 Å². The van der Waals surface area contributed by atoms with Crippen LogP contribution in [-0.2, 0) is 11.2 Å². The van der Waals surface area contributed by atoms with Gasteiger partial charge in [0.15, 0.2) is 5.79 Å². The van der Waals surface area contributed by atoms with E-state index in [4.69, 9.17) is 4.99 Å². The van der Waals surface area contributed by atoms with Crippen LogP contribution in [0.2, 0.25) is 0 Å². The summed E-state index contributed by atoms with van der Waals surface area (Å²) in [6.07, 6.45) is 20.1. The molecule has 51 heavy (non-hydrogen) atoms. The van der Waals surface area contributed by atoms with Gasteiger partial charge in [0.05, 0.1) is 22.8 Å². The summed E-state index contributed by atoms with van der Waals surface area (Å²) >= 11 is 0. The minimum absolute atomic E-state index is 0.157. The Morgan fingerprint density at radius 2 is 1.63 bits per heavy atom. The fourth-order valence-corrected chi connectivity index (χ4v) is 9.12. The van der Waals surface area contributed by atoms with E-state index in [2.05, 4.69) is 187 Å². The summed E-state index contributed by atoms with van der Waals surface area (Å²) < 4.78 is 2.51. The summed E-state index contributed by atoms with van der Waals surface area (Å²) in [5, 5.41) is 13.2. The van der Waals surface area contributed by atoms with E-state index in [1.165, 1.54) is 54.8 Å². The fraction of sp³-hybridized carbons (Fsp3) is 0.170. The molecule has 0 saturated heterocycles. The lowest BCUT2D eigenvalue weighted by Crippen LogP contribution is -2.56. The Bertz CT molecular complexity index is 2580. The molecule has 3 heterocycles. The van der Waals surface area contributed by atoms with Crippen molar-refractivity contribution in [2.75, 3.05) is 5.32 Å². The summed E-state index contributed by atoms with van der Waals surface area (Å²) in [6.45, 7) is 4.66. The molecule has 4 heteroatoms. The van der Waals surface area contributed by atoms with Gasteiger partial charge in [-0.05, 0) is 83.2 Å². The monoisotopic (exact) mass is 660 g/mol. The molecule has 2 aliphatic heterocycles. The number of nitrogens with one attached hydrogen (secondary N) is 2. The average molecular weight is 661 g/mol. The molecule has 4 atom stereocenters. The van der Waals surface area contributed by atoms with Gasteiger partial charge in [-0.1, -0.05) is 134 Å². The van der Waals surface area contributed by atoms with Gasteiger partial charge in [0.2, 0.25) is 0 Å². The van der Waals surface area contributed by atoms with Crippen LogP contribution in [0.4, 0.5) is 5.69 Å². The first-order valence-corrected chi connectivity index (χ1v) is 18.2. The number of anilines is 1. The summed E-state index contributed by atoms with van der Waals surface area (Å²) in [5.74, 6) is -0.547. The molecule has 248 valence electrons. The van der Waals surface area contributed by atoms with E-state index in [0.29, 0.717) is 0 Å². The van der Waals surface area contributed by atoms with E-state index in [1.54, 1.807) is 0 Å². The molecule has 6 aromatic rings. The van der Waals surface area contributed by atoms with Crippen LogP contribution < -0.4 is 10.6 Å². The number of benzene rings is 5. The second kappa shape index (κ2) is 11.4. The third-order valence-corrected chi connectivity index (χ3v) is 11.6. The van der Waals surface area contributed by atoms with Crippen molar-refractivity contribution in [3.8, 4) is 0 Å². The highest BCUT2D eigenvalue weighted by Gasteiger charge is 2.44. The molecular weight excluding hydrogens is 621 g/mol. The van der Waals surface area contributed by atoms with Gasteiger partial charge in [0, 0.05) is 33.5 Å². The van der Waals surface area contributed by atoms with Gasteiger partial charge >= 0.3 is 0 Å². The molecule has 0 bridgehead atoms. The van der Waals surface area contributed by atoms with E-state index >= 15 is 0 Å². The molecule has 0 amide bonds. The number of hydrogen-bond acceptors (Lipinski definition) is 3. The summed E-state index contributed by atoms with van der Waals surface area (Å²) in [5.41, 5.74) is 10.5. The molecule has 2 N–H and O–H groups in total. The topological polar surface area (TPSA) is 41.4 Å². The predicted octanol–water partition coefficient (Wildman–Crippen LogP) is 11.1. The van der Waals surface area contributed by atoms with Crippen molar-refractivity contribution < 1.29 is 0 Å². The van der Waals surface area contributed by atoms with Crippen molar-refractivity contribution in [2.45, 2.75) is 43.9 Å². The van der Waals surface area contributed by atoms with Crippen LogP contribution in [0.3, 0.4) is 0 Å². The van der Waals surface area contributed by atoms with Crippen LogP contribution in [0.25, 0.3) is 38.2 Å². The van der Waals surface area contributed by atoms with Crippen LogP contribution >= 0.6 is 0 Å². The highest BCUT2D eigenvalue weighted by molar-refractivity contribution is 6.21. The van der Waals surface area contributed by atoms with Crippen LogP contribution in [-0.4, -0.2) is 10.3 Å². The Hall–Kier alpha value is -5.71. The Kier molecular flexibility index (Phi) is 6.74. The zero-order chi connectivity index (χ0) is 34.2. The molecule has 4 unspecified atom stereocenters. The van der Waals surface area contributed by atoms with Crippen molar-refractivity contribution in [1.29, 1.82) is 0 Å². The van der Waals surface area contributed by atoms with Gasteiger partial charge in [0.1, 0.15) is 0 Å². The molecular formula is C47H40N4. The van der Waals surface area contributed by atoms with E-state index in [1.807, 2.05) is 0 Å². The van der Waals surface area contributed by atoms with Crippen molar-refractivity contribution in [2.24, 2.45) is 10.9 Å². The number of para-hydroxylation sites is 1. The van der Waals surface area contributed by atoms with Crippen molar-refractivity contribution >= 4 is 49.6 Å². The lowest BCUT2D eigenvalue weighted by molar-refractivity contribution is 0.264. The van der Waals surface area contributed by atoms with E-state index in [9.17, 15) is 0 Å². The summed E-state index contributed by atoms with van der Waals surface area (Å²) in [6, 6.07) is 39.9. The third-order valence-electron chi connectivity index (χ3n) is 11.6. The van der Waals surface area contributed by atoms with Gasteiger partial charge in [-0.25, -0.2) is 0 Å². The zero-order valence-electron chi connectivity index (χ0n) is 29.0. The Morgan fingerprint density at radius 3 is 2.51 bits per heavy atom. The molecule has 1 aromatic heterocycles. The minimum Gasteiger partial charge on any atom is -0.350 e. The number of aliphatic imine (C=N–C) groups is 1. The normalized spacial score (nSPS) is 25.3. The third kappa shape index (κ3) is 4.67. The van der Waals surface area contributed by atoms with Gasteiger partial charge in [-0.15, -0.1) is 0 Å². The number of rotatable bonds is 4. The first-order chi connectivity index (χ1) is 25.0. The second-order valence-electron chi connectivity index (χ2n) is 14.7. The number of hydrogen-bond donors (Lipinski definition) is 2. The first-order valence-electron chi connectivity index (χ1n) is 18.2. The van der Waals surface area contributed by atoms with Gasteiger partial charge in [-0.3, -0.25) is 10.3 Å². The Balaban J connectivity index is 1.21. The summed E-state index contributed by atoms with van der Waals surface area (Å²) in [4.78, 5) is 5.46. The predicted molar refractivity (Wildman–Crippen MR) is 214 cm³/mol. The maximum absolute atomic E-state index is 5.46. The Labute approximate surface area is 298 Å². The lowest BCUT2D eigenvalue weighted by Gasteiger charge is -2.46. The molecule has 10 rings (SSSR count). The Morgan fingerprint density at radius 1 is 0.784 bits per heavy atom. The van der Waals surface area contributed by atoms with E-state index < -0.39 is 5.79 Å². The lowest BCUT2D eigenvalue weighted by atomic mass is 9.66. The standard InChI is InChI=1S/C47H40N4/c1-46(34-18-7-4-8-19-34)30-41(48-40-24-14-12-22-38(40)46)45-36-21-11-13-23-39(36)49-47(2,50-45)51-42-28-26-32-17-9-10-20-35(32)44(42)37-27-25-33(29-43(37)51)31-15-5-3-6-16-31/h3-5,7-15,17-30,38,45,49-50H,6,16H2,1-2H3. The molecule has 2 aliphatic carbocycles. The SMILES string of the molecule is CC1(c2ccccc2)C=C(C2NC(C)(n3c4cc(C5=CC=CCC5)ccc4c4c5ccccc5ccc43)Nc3ccccc32)N=C2C=CC=CC21. The van der Waals surface area contributed by atoms with Gasteiger partial charge in [-0.2, -0.15) is 0 Å². The summed E-state index contributed by atoms with van der Waals surface area (Å²) in [7, 11) is 0. The highest BCUT2D eigenvalue weighted by Crippen LogP contribution is 2.48. The zero-order valence-corrected chi connectivity index (χ0v) is 29.0. The molecule has 0 fully saturated rings. The highest BCUT2D eigenvalue weighted by atomic mass is 15.4. The fourth-order valence-electron chi connectivity index (χ4n) is 9.12. The van der Waals surface area contributed by atoms with Gasteiger partial charge < -0.3 is 9.88 Å². The van der Waals surface area contributed by atoms with Gasteiger partial charge in [0.25, 0.3) is 0 Å². The van der Waals surface area contributed by atoms with E-state index in [0.717, 1.165) is 29.9 Å². The molecule has 0 spiro atoms. The maximum atomic E-state index is 5.46. The molecule has 0 saturated carbocycles. The molecule has 4 nitrogen and oxygen atoms in total. The number of fused-ring (bicyclic) bond motifs is 7. The largest absolute Gasteiger partial charge is 0.350 e. The molecule has 0 radical (unpaired) electrons.